The van der Waals surface area contributed by atoms with Crippen molar-refractivity contribution < 1.29 is 0 Å². The van der Waals surface area contributed by atoms with Gasteiger partial charge < -0.3 is 4.85 Å². The molecule has 0 radical (unpaired) electrons. The van der Waals surface area contributed by atoms with E-state index in [2.05, 4.69) is 30.8 Å². The van der Waals surface area contributed by atoms with Gasteiger partial charge >= 0.3 is 0 Å². The number of hydrogen-bond donors (Lipinski definition) is 0. The summed E-state index contributed by atoms with van der Waals surface area (Å²) in [6.07, 6.45) is 0. The summed E-state index contributed by atoms with van der Waals surface area (Å²) in [6, 6.07) is 6.22. The number of rotatable bonds is 1. The number of hydrogen-bond acceptors (Lipinski definition) is 0. The van der Waals surface area contributed by atoms with Gasteiger partial charge in [-0.1, -0.05) is 23.8 Å². The first kappa shape index (κ1) is 8.80. The summed E-state index contributed by atoms with van der Waals surface area (Å²) in [5, 5.41) is 0. The molecule has 0 fully saturated rings. The fourth-order valence-electron chi connectivity index (χ4n) is 1.36. The highest BCUT2D eigenvalue weighted by molar-refractivity contribution is 5.33. The highest BCUT2D eigenvalue weighted by Gasteiger charge is 2.10. The molecule has 1 aromatic rings. The maximum absolute atomic E-state index is 6.92. The Morgan fingerprint density at radius 2 is 2.00 bits per heavy atom. The molecular formula is C11H13N. The number of nitrogens with zero attached hydrogens (tertiary/aromatic N) is 1. The van der Waals surface area contributed by atoms with Crippen LogP contribution in [0.5, 0.6) is 0 Å². The lowest BCUT2D eigenvalue weighted by atomic mass is 10.0. The van der Waals surface area contributed by atoms with Gasteiger partial charge in [0.1, 0.15) is 0 Å². The van der Waals surface area contributed by atoms with E-state index < -0.39 is 0 Å². The topological polar surface area (TPSA) is 4.36 Å². The smallest absolute Gasteiger partial charge is 0.246 e. The molecule has 1 aromatic carbocycles. The lowest BCUT2D eigenvalue weighted by molar-refractivity contribution is 0.945. The van der Waals surface area contributed by atoms with Crippen LogP contribution >= 0.6 is 0 Å². The molecule has 12 heavy (non-hydrogen) atoms. The zero-order chi connectivity index (χ0) is 9.14. The lowest BCUT2D eigenvalue weighted by Gasteiger charge is -2.04. The predicted molar refractivity (Wildman–Crippen MR) is 50.9 cm³/mol. The van der Waals surface area contributed by atoms with E-state index in [1.807, 2.05) is 13.0 Å². The molecule has 62 valence electrons. The molecule has 0 amide bonds. The Kier molecular flexibility index (Phi) is 2.50. The third-order valence-corrected chi connectivity index (χ3v) is 2.07. The standard InChI is InChI=1S/C11H13N/c1-8-5-6-11(9(2)7-8)10(3)12-4/h5-7,10H,1-3H3. The molecule has 1 atom stereocenters. The zero-order valence-electron chi connectivity index (χ0n) is 7.76. The quantitative estimate of drug-likeness (QED) is 0.554. The molecule has 1 nitrogen and oxygen atoms in total. The molecular weight excluding hydrogens is 146 g/mol. The first-order chi connectivity index (χ1) is 5.65. The van der Waals surface area contributed by atoms with E-state index in [-0.39, 0.29) is 6.04 Å². The molecule has 0 aliphatic heterocycles. The minimum absolute atomic E-state index is 0.00870. The Balaban J connectivity index is 3.11. The summed E-state index contributed by atoms with van der Waals surface area (Å²) >= 11 is 0. The minimum Gasteiger partial charge on any atom is -0.309 e. The molecule has 0 saturated carbocycles. The third-order valence-electron chi connectivity index (χ3n) is 2.07. The zero-order valence-corrected chi connectivity index (χ0v) is 7.76. The van der Waals surface area contributed by atoms with E-state index in [1.54, 1.807) is 0 Å². The summed E-state index contributed by atoms with van der Waals surface area (Å²) in [4.78, 5) is 3.50. The predicted octanol–water partition coefficient (Wildman–Crippen LogP) is 3.28. The van der Waals surface area contributed by atoms with Crippen molar-refractivity contribution in [3.8, 4) is 0 Å². The van der Waals surface area contributed by atoms with Crippen molar-refractivity contribution in [3.63, 3.8) is 0 Å². The fraction of sp³-hybridized carbons (Fsp3) is 0.364. The van der Waals surface area contributed by atoms with Crippen LogP contribution in [0.3, 0.4) is 0 Å². The lowest BCUT2D eigenvalue weighted by Crippen LogP contribution is -1.91. The van der Waals surface area contributed by atoms with E-state index in [9.17, 15) is 0 Å². The van der Waals surface area contributed by atoms with E-state index in [0.717, 1.165) is 5.56 Å². The van der Waals surface area contributed by atoms with Crippen molar-refractivity contribution in [1.29, 1.82) is 0 Å². The van der Waals surface area contributed by atoms with Crippen molar-refractivity contribution >= 4 is 0 Å². The van der Waals surface area contributed by atoms with Gasteiger partial charge in [0.25, 0.3) is 0 Å². The molecule has 0 aliphatic carbocycles. The fourth-order valence-corrected chi connectivity index (χ4v) is 1.36. The first-order valence-corrected chi connectivity index (χ1v) is 4.09. The van der Waals surface area contributed by atoms with Crippen molar-refractivity contribution in [2.75, 3.05) is 0 Å². The SMILES string of the molecule is [C-]#[N+]C(C)c1ccc(C)cc1C. The normalized spacial score (nSPS) is 12.2. The number of aryl methyl sites for hydroxylation is 2. The van der Waals surface area contributed by atoms with Gasteiger partial charge in [0.15, 0.2) is 0 Å². The van der Waals surface area contributed by atoms with Gasteiger partial charge in [0, 0.05) is 12.5 Å². The van der Waals surface area contributed by atoms with Crippen LogP contribution < -0.4 is 0 Å². The van der Waals surface area contributed by atoms with Gasteiger partial charge in [-0.2, -0.15) is 0 Å². The summed E-state index contributed by atoms with van der Waals surface area (Å²) in [6.45, 7) is 13.0. The van der Waals surface area contributed by atoms with Gasteiger partial charge in [-0.25, -0.2) is 6.57 Å². The van der Waals surface area contributed by atoms with Gasteiger partial charge in [-0.15, -0.1) is 0 Å². The largest absolute Gasteiger partial charge is 0.309 e. The van der Waals surface area contributed by atoms with Gasteiger partial charge in [-0.3, -0.25) is 0 Å². The van der Waals surface area contributed by atoms with Crippen molar-refractivity contribution in [1.82, 2.24) is 0 Å². The minimum atomic E-state index is -0.00870. The van der Waals surface area contributed by atoms with Crippen LogP contribution in [0.25, 0.3) is 4.85 Å². The Bertz CT molecular complexity index is 320. The van der Waals surface area contributed by atoms with Crippen molar-refractivity contribution in [3.05, 3.63) is 46.3 Å². The molecule has 0 saturated heterocycles. The van der Waals surface area contributed by atoms with E-state index in [0.29, 0.717) is 0 Å². The maximum atomic E-state index is 6.92. The molecule has 0 spiro atoms. The van der Waals surface area contributed by atoms with Crippen LogP contribution in [-0.2, 0) is 0 Å². The Morgan fingerprint density at radius 3 is 2.50 bits per heavy atom. The highest BCUT2D eigenvalue weighted by atomic mass is 14.7. The molecule has 1 unspecified atom stereocenters. The molecule has 0 heterocycles. The van der Waals surface area contributed by atoms with Crippen LogP contribution in [0, 0.1) is 20.4 Å². The van der Waals surface area contributed by atoms with E-state index in [4.69, 9.17) is 6.57 Å². The summed E-state index contributed by atoms with van der Waals surface area (Å²) in [5.41, 5.74) is 3.63. The molecule has 0 N–H and O–H groups in total. The average Bonchev–Trinajstić information content (AvgIpc) is 2.03. The van der Waals surface area contributed by atoms with Gasteiger partial charge in [0.2, 0.25) is 6.04 Å². The molecule has 0 aromatic heterocycles. The van der Waals surface area contributed by atoms with E-state index in [1.165, 1.54) is 11.1 Å². The third kappa shape index (κ3) is 1.65. The van der Waals surface area contributed by atoms with E-state index >= 15 is 0 Å². The summed E-state index contributed by atoms with van der Waals surface area (Å²) in [5.74, 6) is 0. The molecule has 0 bridgehead atoms. The second-order valence-electron chi connectivity index (χ2n) is 3.17. The number of benzene rings is 1. The van der Waals surface area contributed by atoms with Crippen molar-refractivity contribution in [2.24, 2.45) is 0 Å². The van der Waals surface area contributed by atoms with Crippen LogP contribution in [0.15, 0.2) is 18.2 Å². The molecule has 1 heteroatoms. The average molecular weight is 159 g/mol. The molecule has 0 aliphatic rings. The van der Waals surface area contributed by atoms with Crippen LogP contribution in [0.4, 0.5) is 0 Å². The Morgan fingerprint density at radius 1 is 1.33 bits per heavy atom. The van der Waals surface area contributed by atoms with Crippen LogP contribution in [0.2, 0.25) is 0 Å². The monoisotopic (exact) mass is 159 g/mol. The Labute approximate surface area is 73.9 Å². The molecule has 1 rings (SSSR count). The second kappa shape index (κ2) is 3.40. The highest BCUT2D eigenvalue weighted by Crippen LogP contribution is 2.21. The van der Waals surface area contributed by atoms with Crippen LogP contribution in [0.1, 0.15) is 29.7 Å². The summed E-state index contributed by atoms with van der Waals surface area (Å²) in [7, 11) is 0. The second-order valence-corrected chi connectivity index (χ2v) is 3.17. The van der Waals surface area contributed by atoms with Gasteiger partial charge in [0.05, 0.1) is 0 Å². The first-order valence-electron chi connectivity index (χ1n) is 4.09. The van der Waals surface area contributed by atoms with Gasteiger partial charge in [-0.05, 0) is 19.4 Å². The van der Waals surface area contributed by atoms with Crippen molar-refractivity contribution in [2.45, 2.75) is 26.8 Å². The summed E-state index contributed by atoms with van der Waals surface area (Å²) < 4.78 is 0. The Hall–Kier alpha value is -1.29. The maximum Gasteiger partial charge on any atom is 0.246 e. The van der Waals surface area contributed by atoms with Crippen LogP contribution in [-0.4, -0.2) is 0 Å².